The summed E-state index contributed by atoms with van der Waals surface area (Å²) in [6.07, 6.45) is 5.37. The number of oxazole rings is 1. The van der Waals surface area contributed by atoms with Crippen LogP contribution in [0.4, 0.5) is 5.69 Å². The maximum absolute atomic E-state index is 12.6. The lowest BCUT2D eigenvalue weighted by atomic mass is 9.75. The van der Waals surface area contributed by atoms with Gasteiger partial charge in [0.25, 0.3) is 0 Å². The fourth-order valence-electron chi connectivity index (χ4n) is 5.06. The molecule has 2 aromatic heterocycles. The molecular weight excluding hydrogens is 440 g/mol. The number of ether oxygens (including phenoxy) is 1. The van der Waals surface area contributed by atoms with Crippen molar-refractivity contribution >= 4 is 22.7 Å². The molecule has 2 N–H and O–H groups in total. The number of benzene rings is 2. The van der Waals surface area contributed by atoms with Gasteiger partial charge in [-0.1, -0.05) is 51.5 Å². The molecule has 0 saturated heterocycles. The van der Waals surface area contributed by atoms with E-state index in [-0.39, 0.29) is 18.6 Å². The quantitative estimate of drug-likeness (QED) is 0.329. The van der Waals surface area contributed by atoms with Crippen LogP contribution in [0.2, 0.25) is 0 Å². The maximum Gasteiger partial charge on any atom is 0.250 e. The molecule has 2 heterocycles. The summed E-state index contributed by atoms with van der Waals surface area (Å²) in [5.41, 5.74) is 4.68. The van der Waals surface area contributed by atoms with Crippen molar-refractivity contribution in [3.63, 3.8) is 0 Å². The average molecular weight is 473 g/mol. The monoisotopic (exact) mass is 472 g/mol. The van der Waals surface area contributed by atoms with E-state index in [9.17, 15) is 4.79 Å². The topological polar surface area (TPSA) is 93.0 Å². The molecule has 5 rings (SSSR count). The third-order valence-electron chi connectivity index (χ3n) is 7.00. The molecule has 1 fully saturated rings. The predicted octanol–water partition coefficient (Wildman–Crippen LogP) is 6.30. The minimum Gasteiger partial charge on any atom is -0.436 e. The number of anilines is 1. The second-order valence-corrected chi connectivity index (χ2v) is 9.94. The third kappa shape index (κ3) is 5.15. The Morgan fingerprint density at radius 2 is 1.97 bits per heavy atom. The lowest BCUT2D eigenvalue weighted by molar-refractivity contribution is -0.126. The molecule has 0 spiro atoms. The van der Waals surface area contributed by atoms with Gasteiger partial charge in [0.2, 0.25) is 11.8 Å². The van der Waals surface area contributed by atoms with Crippen molar-refractivity contribution in [1.29, 1.82) is 0 Å². The van der Waals surface area contributed by atoms with E-state index in [4.69, 9.17) is 9.15 Å². The number of hydrogen-bond donors (Lipinski definition) is 2. The molecule has 2 aromatic carbocycles. The number of nitrogens with one attached hydrogen (secondary N) is 2. The van der Waals surface area contributed by atoms with E-state index >= 15 is 0 Å². The highest BCUT2D eigenvalue weighted by Gasteiger charge is 2.31. The minimum atomic E-state index is -0.134. The Morgan fingerprint density at radius 3 is 2.74 bits per heavy atom. The second-order valence-electron chi connectivity index (χ2n) is 9.94. The molecule has 0 bridgehead atoms. The van der Waals surface area contributed by atoms with Gasteiger partial charge in [-0.25, -0.2) is 4.98 Å². The van der Waals surface area contributed by atoms with Gasteiger partial charge in [-0.05, 0) is 54.9 Å². The van der Waals surface area contributed by atoms with Gasteiger partial charge in [-0.3, -0.25) is 9.89 Å². The summed E-state index contributed by atoms with van der Waals surface area (Å²) in [7, 11) is 0. The van der Waals surface area contributed by atoms with E-state index in [2.05, 4.69) is 41.3 Å². The molecule has 0 aliphatic heterocycles. The van der Waals surface area contributed by atoms with E-state index in [1.54, 1.807) is 6.20 Å². The first-order chi connectivity index (χ1) is 17.0. The third-order valence-corrected chi connectivity index (χ3v) is 7.00. The zero-order chi connectivity index (χ0) is 24.4. The summed E-state index contributed by atoms with van der Waals surface area (Å²) in [6.45, 7) is 6.83. The number of hydrogen-bond acceptors (Lipinski definition) is 5. The van der Waals surface area contributed by atoms with E-state index in [0.717, 1.165) is 40.0 Å². The summed E-state index contributed by atoms with van der Waals surface area (Å²) in [5.74, 6) is 2.10. The Morgan fingerprint density at radius 1 is 1.17 bits per heavy atom. The number of carbonyl (C=O) groups is 1. The molecule has 1 amide bonds. The van der Waals surface area contributed by atoms with Gasteiger partial charge in [0.15, 0.2) is 5.58 Å². The molecule has 3 atom stereocenters. The first-order valence-electron chi connectivity index (χ1n) is 12.4. The van der Waals surface area contributed by atoms with Gasteiger partial charge in [-0.15, -0.1) is 0 Å². The van der Waals surface area contributed by atoms with Crippen LogP contribution in [0.1, 0.15) is 40.0 Å². The van der Waals surface area contributed by atoms with Crippen molar-refractivity contribution in [3.8, 4) is 22.7 Å². The second kappa shape index (κ2) is 10.0. The van der Waals surface area contributed by atoms with Gasteiger partial charge in [0.05, 0.1) is 11.7 Å². The van der Waals surface area contributed by atoms with Crippen LogP contribution in [0.3, 0.4) is 0 Å². The van der Waals surface area contributed by atoms with Crippen LogP contribution >= 0.6 is 0 Å². The van der Waals surface area contributed by atoms with Crippen LogP contribution in [0.15, 0.2) is 59.1 Å². The molecule has 7 nitrogen and oxygen atoms in total. The van der Waals surface area contributed by atoms with Crippen LogP contribution < -0.4 is 5.32 Å². The highest BCUT2D eigenvalue weighted by molar-refractivity contribution is 5.92. The number of H-pyrrole nitrogens is 1. The number of aromatic amines is 1. The van der Waals surface area contributed by atoms with E-state index in [1.165, 1.54) is 12.8 Å². The zero-order valence-corrected chi connectivity index (χ0v) is 20.5. The SMILES string of the molecule is CC1CCC(C(C)C)C(OCC(=O)Nc2ccc(-c3n[nH]cc3-c3nc4ccccc4o3)cc2)C1. The van der Waals surface area contributed by atoms with E-state index in [1.807, 2.05) is 48.5 Å². The summed E-state index contributed by atoms with van der Waals surface area (Å²) >= 11 is 0. The van der Waals surface area contributed by atoms with E-state index in [0.29, 0.717) is 23.6 Å². The highest BCUT2D eigenvalue weighted by atomic mass is 16.5. The van der Waals surface area contributed by atoms with Crippen LogP contribution in [-0.4, -0.2) is 33.8 Å². The molecule has 4 aromatic rings. The molecule has 35 heavy (non-hydrogen) atoms. The van der Waals surface area contributed by atoms with Gasteiger partial charge < -0.3 is 14.5 Å². The van der Waals surface area contributed by atoms with Crippen LogP contribution in [0.25, 0.3) is 33.8 Å². The molecule has 3 unspecified atom stereocenters. The van der Waals surface area contributed by atoms with Crippen molar-refractivity contribution in [3.05, 3.63) is 54.7 Å². The predicted molar refractivity (Wildman–Crippen MR) is 137 cm³/mol. The smallest absolute Gasteiger partial charge is 0.250 e. The van der Waals surface area contributed by atoms with Gasteiger partial charge in [0.1, 0.15) is 17.8 Å². The Bertz CT molecular complexity index is 1260. The van der Waals surface area contributed by atoms with Crippen molar-refractivity contribution in [1.82, 2.24) is 15.2 Å². The van der Waals surface area contributed by atoms with Crippen molar-refractivity contribution in [2.45, 2.75) is 46.1 Å². The summed E-state index contributed by atoms with van der Waals surface area (Å²) < 4.78 is 12.0. The van der Waals surface area contributed by atoms with Gasteiger partial charge in [0, 0.05) is 17.4 Å². The van der Waals surface area contributed by atoms with Gasteiger partial charge >= 0.3 is 0 Å². The fourth-order valence-corrected chi connectivity index (χ4v) is 5.06. The average Bonchev–Trinajstić information content (AvgIpc) is 3.50. The van der Waals surface area contributed by atoms with E-state index < -0.39 is 0 Å². The first-order valence-corrected chi connectivity index (χ1v) is 12.4. The van der Waals surface area contributed by atoms with Crippen molar-refractivity contribution < 1.29 is 13.9 Å². The summed E-state index contributed by atoms with van der Waals surface area (Å²) in [6, 6.07) is 15.3. The summed E-state index contributed by atoms with van der Waals surface area (Å²) in [5, 5.41) is 10.3. The number of nitrogens with zero attached hydrogens (tertiary/aromatic N) is 2. The lowest BCUT2D eigenvalue weighted by Crippen LogP contribution is -2.36. The highest BCUT2D eigenvalue weighted by Crippen LogP contribution is 2.35. The standard InChI is InChI=1S/C28H32N4O3/c1-17(2)21-13-8-18(3)14-25(21)34-16-26(33)30-20-11-9-19(10-12-20)27-22(15-29-32-27)28-31-23-6-4-5-7-24(23)35-28/h4-7,9-12,15,17-18,21,25H,8,13-14,16H2,1-3H3,(H,29,32)(H,30,33). The van der Waals surface area contributed by atoms with Crippen LogP contribution in [0, 0.1) is 17.8 Å². The van der Waals surface area contributed by atoms with Gasteiger partial charge in [-0.2, -0.15) is 5.10 Å². The number of rotatable bonds is 7. The molecule has 7 heteroatoms. The Hall–Kier alpha value is -3.45. The molecule has 0 radical (unpaired) electrons. The molecule has 1 aliphatic rings. The molecule has 1 aliphatic carbocycles. The number of amides is 1. The number of fused-ring (bicyclic) bond motifs is 1. The van der Waals surface area contributed by atoms with Crippen LogP contribution in [-0.2, 0) is 9.53 Å². The largest absolute Gasteiger partial charge is 0.436 e. The summed E-state index contributed by atoms with van der Waals surface area (Å²) in [4.78, 5) is 17.2. The normalized spacial score (nSPS) is 20.4. The Balaban J connectivity index is 1.23. The van der Waals surface area contributed by atoms with Crippen molar-refractivity contribution in [2.24, 2.45) is 17.8 Å². The lowest BCUT2D eigenvalue weighted by Gasteiger charge is -2.37. The Kier molecular flexibility index (Phi) is 6.68. The number of para-hydroxylation sites is 2. The first kappa shape index (κ1) is 23.3. The van der Waals surface area contributed by atoms with Crippen LogP contribution in [0.5, 0.6) is 0 Å². The van der Waals surface area contributed by atoms with Crippen molar-refractivity contribution in [2.75, 3.05) is 11.9 Å². The fraction of sp³-hybridized carbons (Fsp3) is 0.393. The number of aromatic nitrogens is 3. The number of carbonyl (C=O) groups excluding carboxylic acids is 1. The molecule has 1 saturated carbocycles. The Labute approximate surface area is 205 Å². The molecule has 182 valence electrons. The maximum atomic E-state index is 12.6. The molecular formula is C28H32N4O3. The minimum absolute atomic E-state index is 0.0730. The zero-order valence-electron chi connectivity index (χ0n) is 20.5.